The molecule has 2 heterocycles. The molecule has 0 atom stereocenters. The van der Waals surface area contributed by atoms with Gasteiger partial charge in [-0.2, -0.15) is 5.10 Å². The molecule has 0 saturated heterocycles. The van der Waals surface area contributed by atoms with E-state index in [9.17, 15) is 0 Å². The molecule has 3 rings (SSSR count). The topological polar surface area (TPSA) is 42.7 Å². The summed E-state index contributed by atoms with van der Waals surface area (Å²) in [5.74, 6) is 0. The summed E-state index contributed by atoms with van der Waals surface area (Å²) in [7, 11) is 0. The van der Waals surface area contributed by atoms with Gasteiger partial charge in [0.05, 0.1) is 17.9 Å². The van der Waals surface area contributed by atoms with Crippen molar-refractivity contribution >= 4 is 0 Å². The quantitative estimate of drug-likeness (QED) is 0.870. The molecule has 0 bridgehead atoms. The number of rotatable bonds is 5. The Kier molecular flexibility index (Phi) is 3.11. The Bertz CT molecular complexity index is 528. The molecule has 0 amide bonds. The molecule has 1 N–H and O–H groups in total. The monoisotopic (exact) mass is 242 g/mol. The SMILES string of the molecule is Cc1ccnn1Cc1cccc(CNC2CC2)n1. The van der Waals surface area contributed by atoms with E-state index in [0.717, 1.165) is 30.5 Å². The predicted molar refractivity (Wildman–Crippen MR) is 70.2 cm³/mol. The van der Waals surface area contributed by atoms with Crippen LogP contribution in [-0.4, -0.2) is 20.8 Å². The third-order valence-electron chi connectivity index (χ3n) is 3.25. The van der Waals surface area contributed by atoms with Gasteiger partial charge in [-0.3, -0.25) is 9.67 Å². The zero-order valence-corrected chi connectivity index (χ0v) is 10.6. The number of aromatic nitrogens is 3. The minimum atomic E-state index is 0.726. The smallest absolute Gasteiger partial charge is 0.0834 e. The van der Waals surface area contributed by atoms with Gasteiger partial charge >= 0.3 is 0 Å². The molecule has 0 aromatic carbocycles. The number of aryl methyl sites for hydroxylation is 1. The van der Waals surface area contributed by atoms with E-state index in [4.69, 9.17) is 0 Å². The molecule has 4 nitrogen and oxygen atoms in total. The lowest BCUT2D eigenvalue weighted by Crippen LogP contribution is -2.17. The number of hydrogen-bond donors (Lipinski definition) is 1. The van der Waals surface area contributed by atoms with Gasteiger partial charge in [-0.05, 0) is 38.0 Å². The lowest BCUT2D eigenvalue weighted by molar-refractivity contribution is 0.637. The van der Waals surface area contributed by atoms with Gasteiger partial charge in [0.2, 0.25) is 0 Å². The Morgan fingerprint density at radius 3 is 2.83 bits per heavy atom. The molecular formula is C14H18N4. The van der Waals surface area contributed by atoms with Crippen molar-refractivity contribution in [2.75, 3.05) is 0 Å². The summed E-state index contributed by atoms with van der Waals surface area (Å²) in [4.78, 5) is 4.67. The van der Waals surface area contributed by atoms with Crippen LogP contribution in [-0.2, 0) is 13.1 Å². The molecule has 1 aliphatic rings. The maximum absolute atomic E-state index is 4.67. The molecule has 0 aliphatic heterocycles. The highest BCUT2D eigenvalue weighted by Gasteiger charge is 2.20. The minimum Gasteiger partial charge on any atom is -0.308 e. The highest BCUT2D eigenvalue weighted by atomic mass is 15.3. The third-order valence-corrected chi connectivity index (χ3v) is 3.25. The summed E-state index contributed by atoms with van der Waals surface area (Å²) in [5, 5.41) is 7.77. The maximum Gasteiger partial charge on any atom is 0.0834 e. The van der Waals surface area contributed by atoms with E-state index in [-0.39, 0.29) is 0 Å². The van der Waals surface area contributed by atoms with E-state index in [2.05, 4.69) is 40.5 Å². The Hall–Kier alpha value is -1.68. The summed E-state index contributed by atoms with van der Waals surface area (Å²) in [6.45, 7) is 3.68. The first kappa shape index (κ1) is 11.4. The molecule has 2 aromatic heterocycles. The molecule has 1 saturated carbocycles. The van der Waals surface area contributed by atoms with Crippen LogP contribution in [0.4, 0.5) is 0 Å². The molecular weight excluding hydrogens is 224 g/mol. The van der Waals surface area contributed by atoms with Gasteiger partial charge in [0, 0.05) is 24.5 Å². The molecule has 94 valence electrons. The van der Waals surface area contributed by atoms with Crippen molar-refractivity contribution in [2.24, 2.45) is 0 Å². The van der Waals surface area contributed by atoms with E-state index in [0.29, 0.717) is 0 Å². The van der Waals surface area contributed by atoms with Gasteiger partial charge in [-0.25, -0.2) is 0 Å². The summed E-state index contributed by atoms with van der Waals surface area (Å²) < 4.78 is 1.97. The second-order valence-electron chi connectivity index (χ2n) is 4.91. The molecule has 0 radical (unpaired) electrons. The third kappa shape index (κ3) is 2.76. The molecule has 0 unspecified atom stereocenters. The van der Waals surface area contributed by atoms with Gasteiger partial charge in [0.15, 0.2) is 0 Å². The van der Waals surface area contributed by atoms with E-state index < -0.39 is 0 Å². The van der Waals surface area contributed by atoms with Gasteiger partial charge in [-0.15, -0.1) is 0 Å². The van der Waals surface area contributed by atoms with Crippen molar-refractivity contribution in [3.05, 3.63) is 47.5 Å². The first-order valence-electron chi connectivity index (χ1n) is 6.48. The van der Waals surface area contributed by atoms with Crippen LogP contribution in [0, 0.1) is 6.92 Å². The lowest BCUT2D eigenvalue weighted by Gasteiger charge is -2.07. The zero-order chi connectivity index (χ0) is 12.4. The fourth-order valence-corrected chi connectivity index (χ4v) is 1.97. The van der Waals surface area contributed by atoms with Crippen LogP contribution in [0.5, 0.6) is 0 Å². The van der Waals surface area contributed by atoms with Gasteiger partial charge in [-0.1, -0.05) is 6.07 Å². The minimum absolute atomic E-state index is 0.726. The van der Waals surface area contributed by atoms with Crippen LogP contribution in [0.25, 0.3) is 0 Å². The number of pyridine rings is 1. The maximum atomic E-state index is 4.67. The van der Waals surface area contributed by atoms with Crippen LogP contribution in [0.2, 0.25) is 0 Å². The van der Waals surface area contributed by atoms with E-state index in [1.165, 1.54) is 18.5 Å². The van der Waals surface area contributed by atoms with E-state index in [1.54, 1.807) is 0 Å². The van der Waals surface area contributed by atoms with Crippen LogP contribution in [0.3, 0.4) is 0 Å². The van der Waals surface area contributed by atoms with Crippen LogP contribution in [0.1, 0.15) is 29.9 Å². The molecule has 1 aliphatic carbocycles. The average molecular weight is 242 g/mol. The van der Waals surface area contributed by atoms with Crippen LogP contribution in [0.15, 0.2) is 30.5 Å². The van der Waals surface area contributed by atoms with Gasteiger partial charge in [0.1, 0.15) is 0 Å². The van der Waals surface area contributed by atoms with Crippen LogP contribution >= 0.6 is 0 Å². The number of hydrogen-bond acceptors (Lipinski definition) is 3. The standard InChI is InChI=1S/C14H18N4/c1-11-7-8-16-18(11)10-14-4-2-3-13(17-14)9-15-12-5-6-12/h2-4,7-8,12,15H,5-6,9-10H2,1H3. The zero-order valence-electron chi connectivity index (χ0n) is 10.6. The van der Waals surface area contributed by atoms with Gasteiger partial charge in [0.25, 0.3) is 0 Å². The first-order valence-corrected chi connectivity index (χ1v) is 6.48. The summed E-state index contributed by atoms with van der Waals surface area (Å²) in [6, 6.07) is 8.95. The second-order valence-corrected chi connectivity index (χ2v) is 4.91. The summed E-state index contributed by atoms with van der Waals surface area (Å²) in [6.07, 6.45) is 4.45. The fraction of sp³-hybridized carbons (Fsp3) is 0.429. The average Bonchev–Trinajstić information content (AvgIpc) is 3.13. The fourth-order valence-electron chi connectivity index (χ4n) is 1.97. The number of nitrogens with one attached hydrogen (secondary N) is 1. The molecule has 0 spiro atoms. The Labute approximate surface area is 107 Å². The lowest BCUT2D eigenvalue weighted by atomic mass is 10.3. The summed E-state index contributed by atoms with van der Waals surface area (Å²) >= 11 is 0. The van der Waals surface area contributed by atoms with E-state index in [1.807, 2.05) is 16.9 Å². The molecule has 1 fully saturated rings. The molecule has 2 aromatic rings. The van der Waals surface area contributed by atoms with Crippen molar-refractivity contribution in [3.8, 4) is 0 Å². The molecule has 4 heteroatoms. The number of nitrogens with zero attached hydrogens (tertiary/aromatic N) is 3. The highest BCUT2D eigenvalue weighted by molar-refractivity contribution is 5.12. The Balaban J connectivity index is 1.67. The summed E-state index contributed by atoms with van der Waals surface area (Å²) in [5.41, 5.74) is 3.35. The van der Waals surface area contributed by atoms with Crippen molar-refractivity contribution in [1.82, 2.24) is 20.1 Å². The van der Waals surface area contributed by atoms with Crippen molar-refractivity contribution in [2.45, 2.75) is 38.9 Å². The predicted octanol–water partition coefficient (Wildman–Crippen LogP) is 1.89. The molecule has 18 heavy (non-hydrogen) atoms. The van der Waals surface area contributed by atoms with Gasteiger partial charge < -0.3 is 5.32 Å². The normalized spacial score (nSPS) is 14.9. The highest BCUT2D eigenvalue weighted by Crippen LogP contribution is 2.19. The Morgan fingerprint density at radius 2 is 2.11 bits per heavy atom. The van der Waals surface area contributed by atoms with Crippen molar-refractivity contribution < 1.29 is 0 Å². The second kappa shape index (κ2) is 4.90. The van der Waals surface area contributed by atoms with Crippen molar-refractivity contribution in [3.63, 3.8) is 0 Å². The Morgan fingerprint density at radius 1 is 1.28 bits per heavy atom. The van der Waals surface area contributed by atoms with Crippen LogP contribution < -0.4 is 5.32 Å². The largest absolute Gasteiger partial charge is 0.308 e. The first-order chi connectivity index (χ1) is 8.81. The van der Waals surface area contributed by atoms with Crippen molar-refractivity contribution in [1.29, 1.82) is 0 Å². The van der Waals surface area contributed by atoms with E-state index >= 15 is 0 Å².